The van der Waals surface area contributed by atoms with Gasteiger partial charge in [-0.2, -0.15) is 4.31 Å². The second-order valence-electron chi connectivity index (χ2n) is 7.58. The van der Waals surface area contributed by atoms with E-state index in [-0.39, 0.29) is 30.3 Å². The van der Waals surface area contributed by atoms with Crippen molar-refractivity contribution in [3.63, 3.8) is 0 Å². The van der Waals surface area contributed by atoms with Crippen LogP contribution in [0.3, 0.4) is 0 Å². The average Bonchev–Trinajstić information content (AvgIpc) is 3.32. The van der Waals surface area contributed by atoms with Crippen LogP contribution in [0, 0.1) is 25.2 Å². The number of carboxylic acids is 1. The molecule has 3 rings (SSSR count). The number of carboxylic acid groups (broad SMARTS) is 1. The first-order valence-corrected chi connectivity index (χ1v) is 10.1. The van der Waals surface area contributed by atoms with Gasteiger partial charge in [-0.05, 0) is 55.9 Å². The molecule has 6 nitrogen and oxygen atoms in total. The molecule has 1 aliphatic heterocycles. The summed E-state index contributed by atoms with van der Waals surface area (Å²) < 4.78 is 27.4. The van der Waals surface area contributed by atoms with Crippen molar-refractivity contribution in [2.45, 2.75) is 50.5 Å². The highest BCUT2D eigenvalue weighted by Crippen LogP contribution is 2.45. The number of benzene rings is 1. The SMILES string of the molecule is Cc1cc(C)cc(S(=O)(=O)N2CC[C@H](O)[C@@](CC3CC3)(C(=O)O)C2)c1. The van der Waals surface area contributed by atoms with Gasteiger partial charge in [0, 0.05) is 13.1 Å². The predicted molar refractivity (Wildman–Crippen MR) is 92.7 cm³/mol. The van der Waals surface area contributed by atoms with Crippen molar-refractivity contribution in [1.29, 1.82) is 0 Å². The third-order valence-electron chi connectivity index (χ3n) is 5.36. The Labute approximate surface area is 148 Å². The number of aliphatic hydroxyl groups is 1. The van der Waals surface area contributed by atoms with E-state index < -0.39 is 27.5 Å². The van der Waals surface area contributed by atoms with Gasteiger partial charge in [0.25, 0.3) is 0 Å². The van der Waals surface area contributed by atoms with E-state index in [4.69, 9.17) is 0 Å². The summed E-state index contributed by atoms with van der Waals surface area (Å²) in [5.74, 6) is -0.832. The zero-order valence-corrected chi connectivity index (χ0v) is 15.4. The van der Waals surface area contributed by atoms with Gasteiger partial charge < -0.3 is 10.2 Å². The Morgan fingerprint density at radius 3 is 2.32 bits per heavy atom. The highest BCUT2D eigenvalue weighted by Gasteiger charge is 2.53. The van der Waals surface area contributed by atoms with Gasteiger partial charge >= 0.3 is 5.97 Å². The molecule has 0 unspecified atom stereocenters. The van der Waals surface area contributed by atoms with Gasteiger partial charge in [0.2, 0.25) is 10.0 Å². The molecule has 0 bridgehead atoms. The minimum atomic E-state index is -3.79. The van der Waals surface area contributed by atoms with Crippen molar-refractivity contribution in [2.75, 3.05) is 13.1 Å². The van der Waals surface area contributed by atoms with Gasteiger partial charge in [-0.1, -0.05) is 18.9 Å². The van der Waals surface area contributed by atoms with Crippen LogP contribution in [0.4, 0.5) is 0 Å². The first-order valence-electron chi connectivity index (χ1n) is 8.65. The number of nitrogens with zero attached hydrogens (tertiary/aromatic N) is 1. The first kappa shape index (κ1) is 18.4. The van der Waals surface area contributed by atoms with E-state index in [0.717, 1.165) is 24.0 Å². The van der Waals surface area contributed by atoms with Gasteiger partial charge in [-0.15, -0.1) is 0 Å². The lowest BCUT2D eigenvalue weighted by Crippen LogP contribution is -2.57. The summed E-state index contributed by atoms with van der Waals surface area (Å²) in [6.45, 7) is 3.63. The van der Waals surface area contributed by atoms with Crippen molar-refractivity contribution >= 4 is 16.0 Å². The summed E-state index contributed by atoms with van der Waals surface area (Å²) >= 11 is 0. The Bertz CT molecular complexity index is 766. The quantitative estimate of drug-likeness (QED) is 0.829. The Morgan fingerprint density at radius 1 is 1.20 bits per heavy atom. The smallest absolute Gasteiger partial charge is 0.313 e. The number of piperidine rings is 1. The van der Waals surface area contributed by atoms with Crippen LogP contribution in [-0.4, -0.2) is 48.1 Å². The summed E-state index contributed by atoms with van der Waals surface area (Å²) in [4.78, 5) is 12.2. The molecule has 138 valence electrons. The number of rotatable bonds is 5. The summed E-state index contributed by atoms with van der Waals surface area (Å²) in [5, 5.41) is 20.2. The summed E-state index contributed by atoms with van der Waals surface area (Å²) in [6, 6.07) is 5.11. The summed E-state index contributed by atoms with van der Waals surface area (Å²) in [6.07, 6.45) is 1.36. The lowest BCUT2D eigenvalue weighted by atomic mass is 9.74. The van der Waals surface area contributed by atoms with E-state index in [1.54, 1.807) is 12.1 Å². The molecule has 1 aliphatic carbocycles. The van der Waals surface area contributed by atoms with Gasteiger partial charge in [-0.25, -0.2) is 8.42 Å². The molecule has 7 heteroatoms. The van der Waals surface area contributed by atoms with Gasteiger partial charge in [0.15, 0.2) is 0 Å². The molecule has 0 radical (unpaired) electrons. The topological polar surface area (TPSA) is 94.9 Å². The van der Waals surface area contributed by atoms with E-state index in [1.807, 2.05) is 19.9 Å². The third-order valence-corrected chi connectivity index (χ3v) is 7.18. The molecule has 1 aromatic rings. The minimum absolute atomic E-state index is 0.135. The minimum Gasteiger partial charge on any atom is -0.481 e. The molecule has 25 heavy (non-hydrogen) atoms. The fourth-order valence-electron chi connectivity index (χ4n) is 3.81. The fraction of sp³-hybridized carbons (Fsp3) is 0.611. The van der Waals surface area contributed by atoms with Crippen LogP contribution >= 0.6 is 0 Å². The second-order valence-corrected chi connectivity index (χ2v) is 9.51. The van der Waals surface area contributed by atoms with Crippen LogP contribution < -0.4 is 0 Å². The predicted octanol–water partition coefficient (Wildman–Crippen LogP) is 1.93. The van der Waals surface area contributed by atoms with Gasteiger partial charge in [0.1, 0.15) is 5.41 Å². The molecular formula is C18H25NO5S. The standard InChI is InChI=1S/C18H25NO5S/c1-12-7-13(2)9-15(8-12)25(23,24)19-6-5-16(20)18(11-19,17(21)22)10-14-3-4-14/h7-9,14,16,20H,3-6,10-11H2,1-2H3,(H,21,22)/t16-,18-/m0/s1. The average molecular weight is 367 g/mol. The lowest BCUT2D eigenvalue weighted by molar-refractivity contribution is -0.162. The number of hydrogen-bond donors (Lipinski definition) is 2. The number of carbonyl (C=O) groups is 1. The molecule has 2 N–H and O–H groups in total. The molecule has 1 heterocycles. The van der Waals surface area contributed by atoms with Crippen molar-refractivity contribution in [3.05, 3.63) is 29.3 Å². The maximum atomic E-state index is 13.1. The van der Waals surface area contributed by atoms with Crippen molar-refractivity contribution in [1.82, 2.24) is 4.31 Å². The van der Waals surface area contributed by atoms with Crippen LogP contribution in [0.5, 0.6) is 0 Å². The van der Waals surface area contributed by atoms with E-state index in [0.29, 0.717) is 6.42 Å². The number of sulfonamides is 1. The van der Waals surface area contributed by atoms with Gasteiger partial charge in [0.05, 0.1) is 11.0 Å². The molecule has 2 fully saturated rings. The lowest BCUT2D eigenvalue weighted by Gasteiger charge is -2.42. The van der Waals surface area contributed by atoms with E-state index >= 15 is 0 Å². The molecule has 2 aliphatic rings. The summed E-state index contributed by atoms with van der Waals surface area (Å²) in [5.41, 5.74) is 0.280. The molecule has 1 aromatic carbocycles. The van der Waals surface area contributed by atoms with Crippen molar-refractivity contribution in [2.24, 2.45) is 11.3 Å². The Balaban J connectivity index is 1.95. The number of aryl methyl sites for hydroxylation is 2. The van der Waals surface area contributed by atoms with E-state index in [1.165, 1.54) is 4.31 Å². The van der Waals surface area contributed by atoms with Crippen LogP contribution in [0.25, 0.3) is 0 Å². The largest absolute Gasteiger partial charge is 0.481 e. The van der Waals surface area contributed by atoms with Crippen LogP contribution in [0.15, 0.2) is 23.1 Å². The van der Waals surface area contributed by atoms with Crippen LogP contribution in [0.2, 0.25) is 0 Å². The molecule has 2 atom stereocenters. The number of aliphatic hydroxyl groups excluding tert-OH is 1. The van der Waals surface area contributed by atoms with Crippen molar-refractivity contribution in [3.8, 4) is 0 Å². The van der Waals surface area contributed by atoms with E-state index in [2.05, 4.69) is 0 Å². The number of hydrogen-bond acceptors (Lipinski definition) is 4. The zero-order chi connectivity index (χ0) is 18.4. The van der Waals surface area contributed by atoms with Gasteiger partial charge in [-0.3, -0.25) is 4.79 Å². The highest BCUT2D eigenvalue weighted by molar-refractivity contribution is 7.89. The molecule has 0 spiro atoms. The number of aliphatic carboxylic acids is 1. The van der Waals surface area contributed by atoms with E-state index in [9.17, 15) is 23.4 Å². The van der Waals surface area contributed by atoms with Crippen LogP contribution in [-0.2, 0) is 14.8 Å². The monoisotopic (exact) mass is 367 g/mol. The second kappa shape index (κ2) is 6.37. The first-order chi connectivity index (χ1) is 11.6. The summed E-state index contributed by atoms with van der Waals surface area (Å²) in [7, 11) is -3.79. The molecule has 0 aromatic heterocycles. The molecule has 1 saturated carbocycles. The Hall–Kier alpha value is -1.44. The van der Waals surface area contributed by atoms with Crippen LogP contribution in [0.1, 0.15) is 36.8 Å². The zero-order valence-electron chi connectivity index (χ0n) is 14.6. The third kappa shape index (κ3) is 3.45. The molecule has 0 amide bonds. The van der Waals surface area contributed by atoms with Crippen molar-refractivity contribution < 1.29 is 23.4 Å². The maximum Gasteiger partial charge on any atom is 0.313 e. The normalized spacial score (nSPS) is 28.0. The highest BCUT2D eigenvalue weighted by atomic mass is 32.2. The Morgan fingerprint density at radius 2 is 1.80 bits per heavy atom. The maximum absolute atomic E-state index is 13.1. The Kier molecular flexibility index (Phi) is 4.68. The fourth-order valence-corrected chi connectivity index (χ4v) is 5.53. The molecule has 1 saturated heterocycles. The molecular weight excluding hydrogens is 342 g/mol.